The molecule has 0 bridgehead atoms. The molecule has 0 spiro atoms. The molecule has 0 aliphatic carbocycles. The maximum atomic E-state index is 10.8. The molecule has 16 heavy (non-hydrogen) atoms. The number of allylic oxidation sites excluding steroid dienone is 1. The van der Waals surface area contributed by atoms with Crippen molar-refractivity contribution < 1.29 is 9.53 Å². The van der Waals surface area contributed by atoms with E-state index in [4.69, 9.17) is 4.74 Å². The Hall–Kier alpha value is -1.57. The molecule has 0 aliphatic rings. The Bertz CT molecular complexity index is 392. The summed E-state index contributed by atoms with van der Waals surface area (Å²) in [6.45, 7) is 6.38. The molecule has 0 saturated carbocycles. The molecule has 2 heteroatoms. The van der Waals surface area contributed by atoms with Crippen LogP contribution in [0, 0.1) is 6.92 Å². The van der Waals surface area contributed by atoms with Gasteiger partial charge in [-0.25, -0.2) is 0 Å². The Balaban J connectivity index is 2.78. The molecule has 0 fully saturated rings. The molecule has 0 N–H and O–H groups in total. The summed E-state index contributed by atoms with van der Waals surface area (Å²) in [5.74, 6) is 0.978. The molecule has 1 rings (SSSR count). The van der Waals surface area contributed by atoms with Gasteiger partial charge in [-0.3, -0.25) is 4.79 Å². The highest BCUT2D eigenvalue weighted by Crippen LogP contribution is 2.20. The third kappa shape index (κ3) is 3.89. The number of aryl methyl sites for hydroxylation is 1. The van der Waals surface area contributed by atoms with E-state index < -0.39 is 0 Å². The monoisotopic (exact) mass is 218 g/mol. The SMILES string of the molecule is CCCOc1ccc(/C=C/C(C)=O)cc1C. The maximum Gasteiger partial charge on any atom is 0.152 e. The van der Waals surface area contributed by atoms with Gasteiger partial charge in [-0.15, -0.1) is 0 Å². The Labute approximate surface area is 96.9 Å². The molecule has 86 valence electrons. The highest BCUT2D eigenvalue weighted by atomic mass is 16.5. The van der Waals surface area contributed by atoms with Crippen LogP contribution in [0.2, 0.25) is 0 Å². The van der Waals surface area contributed by atoms with Gasteiger partial charge in [-0.2, -0.15) is 0 Å². The smallest absolute Gasteiger partial charge is 0.152 e. The Morgan fingerprint density at radius 3 is 2.75 bits per heavy atom. The lowest BCUT2D eigenvalue weighted by Crippen LogP contribution is -1.96. The van der Waals surface area contributed by atoms with Gasteiger partial charge in [0.2, 0.25) is 0 Å². The van der Waals surface area contributed by atoms with Crippen molar-refractivity contribution in [1.29, 1.82) is 0 Å². The number of carbonyl (C=O) groups is 1. The highest BCUT2D eigenvalue weighted by Gasteiger charge is 1.99. The number of rotatable bonds is 5. The van der Waals surface area contributed by atoms with Crippen LogP contribution in [0.1, 0.15) is 31.4 Å². The van der Waals surface area contributed by atoms with Gasteiger partial charge in [-0.1, -0.05) is 19.1 Å². The van der Waals surface area contributed by atoms with E-state index in [2.05, 4.69) is 6.92 Å². The van der Waals surface area contributed by atoms with E-state index in [1.165, 1.54) is 0 Å². The first kappa shape index (κ1) is 12.5. The van der Waals surface area contributed by atoms with Gasteiger partial charge >= 0.3 is 0 Å². The van der Waals surface area contributed by atoms with Crippen molar-refractivity contribution in [3.63, 3.8) is 0 Å². The van der Waals surface area contributed by atoms with Crippen molar-refractivity contribution in [2.45, 2.75) is 27.2 Å². The maximum absolute atomic E-state index is 10.8. The summed E-state index contributed by atoms with van der Waals surface area (Å²) in [6, 6.07) is 5.92. The first-order chi connectivity index (χ1) is 7.63. The fourth-order valence-electron chi connectivity index (χ4n) is 1.36. The van der Waals surface area contributed by atoms with Crippen LogP contribution in [0.5, 0.6) is 5.75 Å². The van der Waals surface area contributed by atoms with Crippen LogP contribution in [-0.4, -0.2) is 12.4 Å². The quantitative estimate of drug-likeness (QED) is 0.708. The van der Waals surface area contributed by atoms with Gasteiger partial charge in [0.25, 0.3) is 0 Å². The van der Waals surface area contributed by atoms with Gasteiger partial charge in [0.1, 0.15) is 5.75 Å². The lowest BCUT2D eigenvalue weighted by atomic mass is 10.1. The first-order valence-electron chi connectivity index (χ1n) is 5.55. The number of hydrogen-bond donors (Lipinski definition) is 0. The zero-order valence-corrected chi connectivity index (χ0v) is 10.1. The summed E-state index contributed by atoms with van der Waals surface area (Å²) in [4.78, 5) is 10.8. The van der Waals surface area contributed by atoms with E-state index in [1.807, 2.05) is 31.2 Å². The highest BCUT2D eigenvalue weighted by molar-refractivity contribution is 5.91. The molecular weight excluding hydrogens is 200 g/mol. The second kappa shape index (κ2) is 6.11. The van der Waals surface area contributed by atoms with E-state index in [0.717, 1.165) is 29.9 Å². The summed E-state index contributed by atoms with van der Waals surface area (Å²) >= 11 is 0. The number of hydrogen-bond acceptors (Lipinski definition) is 2. The third-order valence-electron chi connectivity index (χ3n) is 2.17. The second-order valence-corrected chi connectivity index (χ2v) is 3.82. The number of ketones is 1. The molecular formula is C14H18O2. The lowest BCUT2D eigenvalue weighted by molar-refractivity contribution is -0.112. The average Bonchev–Trinajstić information content (AvgIpc) is 2.25. The minimum absolute atomic E-state index is 0.0592. The van der Waals surface area contributed by atoms with Crippen molar-refractivity contribution in [2.24, 2.45) is 0 Å². The van der Waals surface area contributed by atoms with Crippen LogP contribution in [0.25, 0.3) is 6.08 Å². The van der Waals surface area contributed by atoms with Gasteiger partial charge in [0.05, 0.1) is 6.61 Å². The van der Waals surface area contributed by atoms with E-state index in [1.54, 1.807) is 13.0 Å². The molecule has 2 nitrogen and oxygen atoms in total. The predicted molar refractivity (Wildman–Crippen MR) is 66.7 cm³/mol. The third-order valence-corrected chi connectivity index (χ3v) is 2.17. The predicted octanol–water partition coefficient (Wildman–Crippen LogP) is 3.39. The van der Waals surface area contributed by atoms with Crippen LogP contribution in [0.15, 0.2) is 24.3 Å². The van der Waals surface area contributed by atoms with Crippen molar-refractivity contribution in [1.82, 2.24) is 0 Å². The van der Waals surface area contributed by atoms with E-state index in [0.29, 0.717) is 0 Å². The number of carbonyl (C=O) groups excluding carboxylic acids is 1. The summed E-state index contributed by atoms with van der Waals surface area (Å²) in [5.41, 5.74) is 2.12. The van der Waals surface area contributed by atoms with E-state index >= 15 is 0 Å². The number of benzene rings is 1. The molecule has 0 saturated heterocycles. The van der Waals surface area contributed by atoms with Gasteiger partial charge in [0.15, 0.2) is 5.78 Å². The lowest BCUT2D eigenvalue weighted by Gasteiger charge is -2.08. The standard InChI is InChI=1S/C14H18O2/c1-4-9-16-14-8-7-13(10-11(14)2)6-5-12(3)15/h5-8,10H,4,9H2,1-3H3/b6-5+. The fourth-order valence-corrected chi connectivity index (χ4v) is 1.36. The summed E-state index contributed by atoms with van der Waals surface area (Å²) in [6.07, 6.45) is 4.39. The summed E-state index contributed by atoms with van der Waals surface area (Å²) in [7, 11) is 0. The molecule has 0 aromatic heterocycles. The van der Waals surface area contributed by atoms with Crippen molar-refractivity contribution in [3.8, 4) is 5.75 Å². The Morgan fingerprint density at radius 1 is 1.44 bits per heavy atom. The zero-order chi connectivity index (χ0) is 12.0. The van der Waals surface area contributed by atoms with Gasteiger partial charge in [0, 0.05) is 0 Å². The average molecular weight is 218 g/mol. The molecule has 0 radical (unpaired) electrons. The second-order valence-electron chi connectivity index (χ2n) is 3.82. The topological polar surface area (TPSA) is 26.3 Å². The van der Waals surface area contributed by atoms with Crippen LogP contribution >= 0.6 is 0 Å². The van der Waals surface area contributed by atoms with Crippen LogP contribution < -0.4 is 4.74 Å². The zero-order valence-electron chi connectivity index (χ0n) is 10.1. The Morgan fingerprint density at radius 2 is 2.19 bits per heavy atom. The van der Waals surface area contributed by atoms with Crippen LogP contribution in [-0.2, 0) is 4.79 Å². The van der Waals surface area contributed by atoms with Crippen molar-refractivity contribution in [3.05, 3.63) is 35.4 Å². The largest absolute Gasteiger partial charge is 0.493 e. The normalized spacial score (nSPS) is 10.7. The van der Waals surface area contributed by atoms with E-state index in [-0.39, 0.29) is 5.78 Å². The molecule has 0 atom stereocenters. The van der Waals surface area contributed by atoms with Crippen molar-refractivity contribution >= 4 is 11.9 Å². The van der Waals surface area contributed by atoms with E-state index in [9.17, 15) is 4.79 Å². The number of ether oxygens (including phenoxy) is 1. The van der Waals surface area contributed by atoms with Gasteiger partial charge in [-0.05, 0) is 49.6 Å². The van der Waals surface area contributed by atoms with Gasteiger partial charge < -0.3 is 4.74 Å². The van der Waals surface area contributed by atoms with Crippen LogP contribution in [0.4, 0.5) is 0 Å². The fraction of sp³-hybridized carbons (Fsp3) is 0.357. The minimum atomic E-state index is 0.0592. The molecule has 0 unspecified atom stereocenters. The molecule has 1 aromatic rings. The molecule has 1 aromatic carbocycles. The molecule has 0 amide bonds. The molecule has 0 heterocycles. The Kier molecular flexibility index (Phi) is 4.77. The van der Waals surface area contributed by atoms with Crippen molar-refractivity contribution in [2.75, 3.05) is 6.61 Å². The molecule has 0 aliphatic heterocycles. The summed E-state index contributed by atoms with van der Waals surface area (Å²) < 4.78 is 5.58. The van der Waals surface area contributed by atoms with Crippen LogP contribution in [0.3, 0.4) is 0 Å². The summed E-state index contributed by atoms with van der Waals surface area (Å²) in [5, 5.41) is 0. The first-order valence-corrected chi connectivity index (χ1v) is 5.55. The minimum Gasteiger partial charge on any atom is -0.493 e.